The molecule has 0 spiro atoms. The molecule has 0 amide bonds. The van der Waals surface area contributed by atoms with Gasteiger partial charge in [-0.05, 0) is 17.7 Å². The highest BCUT2D eigenvalue weighted by Crippen LogP contribution is 2.15. The van der Waals surface area contributed by atoms with E-state index in [1.807, 2.05) is 29.2 Å². The van der Waals surface area contributed by atoms with Gasteiger partial charge in [-0.25, -0.2) is 0 Å². The highest BCUT2D eigenvalue weighted by molar-refractivity contribution is 5.72. The lowest BCUT2D eigenvalue weighted by atomic mass is 10.1. The Hall–Kier alpha value is -1.59. The highest BCUT2D eigenvalue weighted by atomic mass is 16.5. The zero-order valence-corrected chi connectivity index (χ0v) is 10.5. The van der Waals surface area contributed by atoms with Crippen LogP contribution >= 0.6 is 0 Å². The number of aliphatic hydroxyl groups is 2. The largest absolute Gasteiger partial charge is 0.469 e. The molecule has 0 saturated heterocycles. The first kappa shape index (κ1) is 14.5. The van der Waals surface area contributed by atoms with Gasteiger partial charge in [-0.2, -0.15) is 0 Å². The Labute approximate surface area is 107 Å². The molecule has 0 aromatic heterocycles. The summed E-state index contributed by atoms with van der Waals surface area (Å²) in [6.07, 6.45) is 0.247. The van der Waals surface area contributed by atoms with Crippen molar-refractivity contribution in [2.75, 3.05) is 38.3 Å². The van der Waals surface area contributed by atoms with E-state index in [0.29, 0.717) is 13.1 Å². The summed E-state index contributed by atoms with van der Waals surface area (Å²) in [5.74, 6) is -0.273. The molecule has 0 saturated carbocycles. The topological polar surface area (TPSA) is 70.0 Å². The molecule has 5 nitrogen and oxygen atoms in total. The number of hydrogen-bond donors (Lipinski definition) is 2. The summed E-state index contributed by atoms with van der Waals surface area (Å²) < 4.78 is 4.59. The minimum atomic E-state index is -0.273. The Kier molecular flexibility index (Phi) is 6.18. The maximum atomic E-state index is 11.1. The van der Waals surface area contributed by atoms with Crippen molar-refractivity contribution in [1.29, 1.82) is 0 Å². The van der Waals surface area contributed by atoms with Gasteiger partial charge in [-0.15, -0.1) is 0 Å². The van der Waals surface area contributed by atoms with Gasteiger partial charge in [-0.1, -0.05) is 12.1 Å². The van der Waals surface area contributed by atoms with E-state index >= 15 is 0 Å². The zero-order valence-electron chi connectivity index (χ0n) is 10.5. The Morgan fingerprint density at radius 3 is 2.17 bits per heavy atom. The summed E-state index contributed by atoms with van der Waals surface area (Å²) in [4.78, 5) is 13.0. The molecule has 5 heteroatoms. The minimum absolute atomic E-state index is 0.0317. The van der Waals surface area contributed by atoms with Crippen LogP contribution in [0.4, 0.5) is 5.69 Å². The molecule has 18 heavy (non-hydrogen) atoms. The number of benzene rings is 1. The van der Waals surface area contributed by atoms with Gasteiger partial charge in [0.25, 0.3) is 0 Å². The van der Waals surface area contributed by atoms with Crippen molar-refractivity contribution in [3.8, 4) is 0 Å². The molecule has 0 bridgehead atoms. The second kappa shape index (κ2) is 7.68. The Morgan fingerprint density at radius 2 is 1.72 bits per heavy atom. The number of anilines is 1. The summed E-state index contributed by atoms with van der Waals surface area (Å²) in [6.45, 7) is 1.00. The second-order valence-electron chi connectivity index (χ2n) is 3.85. The van der Waals surface area contributed by atoms with Crippen molar-refractivity contribution >= 4 is 11.7 Å². The van der Waals surface area contributed by atoms with Crippen molar-refractivity contribution < 1.29 is 19.7 Å². The summed E-state index contributed by atoms with van der Waals surface area (Å²) in [5.41, 5.74) is 1.78. The highest BCUT2D eigenvalue weighted by Gasteiger charge is 2.06. The Morgan fingerprint density at radius 1 is 1.17 bits per heavy atom. The van der Waals surface area contributed by atoms with Crippen LogP contribution in [0.5, 0.6) is 0 Å². The molecule has 0 aliphatic carbocycles. The third-order valence-corrected chi connectivity index (χ3v) is 2.62. The van der Waals surface area contributed by atoms with E-state index in [0.717, 1.165) is 11.3 Å². The summed E-state index contributed by atoms with van der Waals surface area (Å²) in [6, 6.07) is 7.41. The Balaban J connectivity index is 2.70. The van der Waals surface area contributed by atoms with Crippen LogP contribution in [-0.2, 0) is 16.0 Å². The molecule has 1 aromatic carbocycles. The maximum absolute atomic E-state index is 11.1. The molecule has 0 fully saturated rings. The van der Waals surface area contributed by atoms with Crippen molar-refractivity contribution in [1.82, 2.24) is 0 Å². The van der Waals surface area contributed by atoms with E-state index in [9.17, 15) is 4.79 Å². The lowest BCUT2D eigenvalue weighted by Crippen LogP contribution is -2.29. The molecule has 1 rings (SSSR count). The van der Waals surface area contributed by atoms with E-state index in [1.54, 1.807) is 0 Å². The molecule has 0 aliphatic rings. The van der Waals surface area contributed by atoms with Crippen molar-refractivity contribution in [2.45, 2.75) is 6.42 Å². The van der Waals surface area contributed by atoms with Gasteiger partial charge in [0, 0.05) is 18.8 Å². The summed E-state index contributed by atoms with van der Waals surface area (Å²) >= 11 is 0. The predicted molar refractivity (Wildman–Crippen MR) is 68.5 cm³/mol. The summed E-state index contributed by atoms with van der Waals surface area (Å²) in [5, 5.41) is 17.9. The predicted octanol–water partition coefficient (Wildman–Crippen LogP) is 0.193. The number of carbonyl (C=O) groups excluding carboxylic acids is 1. The normalized spacial score (nSPS) is 10.2. The van der Waals surface area contributed by atoms with Gasteiger partial charge in [0.05, 0.1) is 26.7 Å². The number of hydrogen-bond acceptors (Lipinski definition) is 5. The van der Waals surface area contributed by atoms with E-state index in [4.69, 9.17) is 10.2 Å². The van der Waals surface area contributed by atoms with E-state index in [-0.39, 0.29) is 25.6 Å². The number of aliphatic hydroxyl groups excluding tert-OH is 2. The van der Waals surface area contributed by atoms with Crippen molar-refractivity contribution in [3.05, 3.63) is 29.8 Å². The average molecular weight is 253 g/mol. The van der Waals surface area contributed by atoms with Crippen molar-refractivity contribution in [3.63, 3.8) is 0 Å². The number of ether oxygens (including phenoxy) is 1. The van der Waals surface area contributed by atoms with E-state index in [1.165, 1.54) is 7.11 Å². The zero-order chi connectivity index (χ0) is 13.4. The monoisotopic (exact) mass is 253 g/mol. The van der Waals surface area contributed by atoms with Crippen LogP contribution in [0, 0.1) is 0 Å². The molecule has 0 aliphatic heterocycles. The number of carbonyl (C=O) groups is 1. The number of nitrogens with zero attached hydrogens (tertiary/aromatic N) is 1. The fourth-order valence-corrected chi connectivity index (χ4v) is 1.67. The van der Waals surface area contributed by atoms with Crippen LogP contribution in [-0.4, -0.2) is 49.6 Å². The Bertz CT molecular complexity index is 358. The fraction of sp³-hybridized carbons (Fsp3) is 0.462. The van der Waals surface area contributed by atoms with Gasteiger partial charge in [0.15, 0.2) is 0 Å². The third-order valence-electron chi connectivity index (χ3n) is 2.62. The lowest BCUT2D eigenvalue weighted by Gasteiger charge is -2.23. The van der Waals surface area contributed by atoms with Gasteiger partial charge in [-0.3, -0.25) is 4.79 Å². The van der Waals surface area contributed by atoms with Crippen LogP contribution in [0.25, 0.3) is 0 Å². The number of esters is 1. The fourth-order valence-electron chi connectivity index (χ4n) is 1.67. The second-order valence-corrected chi connectivity index (χ2v) is 3.85. The van der Waals surface area contributed by atoms with Crippen LogP contribution < -0.4 is 4.90 Å². The lowest BCUT2D eigenvalue weighted by molar-refractivity contribution is -0.139. The van der Waals surface area contributed by atoms with Crippen LogP contribution in [0.2, 0.25) is 0 Å². The molecular formula is C13H19NO4. The molecule has 0 unspecified atom stereocenters. The molecular weight excluding hydrogens is 234 g/mol. The first-order valence-electron chi connectivity index (χ1n) is 5.83. The molecule has 0 heterocycles. The van der Waals surface area contributed by atoms with Gasteiger partial charge in [0.1, 0.15) is 0 Å². The van der Waals surface area contributed by atoms with Gasteiger partial charge < -0.3 is 19.8 Å². The van der Waals surface area contributed by atoms with Crippen LogP contribution in [0.1, 0.15) is 5.56 Å². The van der Waals surface area contributed by atoms with Crippen LogP contribution in [0.3, 0.4) is 0 Å². The molecule has 2 N–H and O–H groups in total. The first-order chi connectivity index (χ1) is 8.71. The molecule has 0 atom stereocenters. The minimum Gasteiger partial charge on any atom is -0.469 e. The number of rotatable bonds is 7. The van der Waals surface area contributed by atoms with E-state index < -0.39 is 0 Å². The first-order valence-corrected chi connectivity index (χ1v) is 5.83. The number of methoxy groups -OCH3 is 1. The standard InChI is InChI=1S/C13H19NO4/c1-18-13(17)10-11-2-4-12(5-3-11)14(6-8-15)7-9-16/h2-5,15-16H,6-10H2,1H3. The smallest absolute Gasteiger partial charge is 0.309 e. The average Bonchev–Trinajstić information content (AvgIpc) is 2.39. The maximum Gasteiger partial charge on any atom is 0.309 e. The molecule has 0 radical (unpaired) electrons. The van der Waals surface area contributed by atoms with Crippen molar-refractivity contribution in [2.24, 2.45) is 0 Å². The summed E-state index contributed by atoms with van der Waals surface area (Å²) in [7, 11) is 1.36. The van der Waals surface area contributed by atoms with Gasteiger partial charge in [0.2, 0.25) is 0 Å². The van der Waals surface area contributed by atoms with Crippen LogP contribution in [0.15, 0.2) is 24.3 Å². The quantitative estimate of drug-likeness (QED) is 0.679. The SMILES string of the molecule is COC(=O)Cc1ccc(N(CCO)CCO)cc1. The van der Waals surface area contributed by atoms with Gasteiger partial charge >= 0.3 is 5.97 Å². The molecule has 1 aromatic rings. The third kappa shape index (κ3) is 4.35. The van der Waals surface area contributed by atoms with E-state index in [2.05, 4.69) is 4.74 Å². The molecule has 100 valence electrons.